The molecule has 1 aliphatic heterocycles. The van der Waals surface area contributed by atoms with E-state index in [1.165, 1.54) is 0 Å². The number of rotatable bonds is 5. The number of benzene rings is 2. The number of anilines is 1. The standard InChI is InChI=1S/C24H25N5O3/c1-16-15-21(27-29(16)18-7-3-2-4-8-18)23(31)26-20-10-6-5-9-19(20)24(32)28-13-11-17(12-14-28)22(25)30/h2-10,15,17H,11-14H2,1H3,(H2,25,30)(H,26,31). The topological polar surface area (TPSA) is 110 Å². The number of nitrogens with zero attached hydrogens (tertiary/aromatic N) is 3. The number of aryl methyl sites for hydroxylation is 1. The second-order valence-electron chi connectivity index (χ2n) is 7.89. The van der Waals surface area contributed by atoms with Crippen LogP contribution in [-0.4, -0.2) is 45.5 Å². The van der Waals surface area contributed by atoms with E-state index in [1.807, 2.05) is 37.3 Å². The fraction of sp³-hybridized carbons (Fsp3) is 0.250. The van der Waals surface area contributed by atoms with Crippen LogP contribution < -0.4 is 11.1 Å². The molecule has 1 aromatic heterocycles. The number of carbonyl (C=O) groups is 3. The number of likely N-dealkylation sites (tertiary alicyclic amines) is 1. The minimum atomic E-state index is -0.393. The van der Waals surface area contributed by atoms with Crippen LogP contribution in [0.1, 0.15) is 39.4 Å². The zero-order valence-corrected chi connectivity index (χ0v) is 17.8. The molecule has 32 heavy (non-hydrogen) atoms. The predicted octanol–water partition coefficient (Wildman–Crippen LogP) is 2.77. The lowest BCUT2D eigenvalue weighted by molar-refractivity contribution is -0.123. The van der Waals surface area contributed by atoms with E-state index in [-0.39, 0.29) is 23.4 Å². The molecule has 1 aliphatic rings. The summed E-state index contributed by atoms with van der Waals surface area (Å²) in [5.41, 5.74) is 8.15. The molecule has 3 aromatic rings. The van der Waals surface area contributed by atoms with Crippen LogP contribution in [0, 0.1) is 12.8 Å². The number of nitrogens with one attached hydrogen (secondary N) is 1. The molecule has 0 saturated carbocycles. The van der Waals surface area contributed by atoms with E-state index in [9.17, 15) is 14.4 Å². The number of piperidine rings is 1. The molecular formula is C24H25N5O3. The van der Waals surface area contributed by atoms with Gasteiger partial charge in [-0.1, -0.05) is 30.3 Å². The Bertz CT molecular complexity index is 1150. The molecule has 8 heteroatoms. The molecule has 2 heterocycles. The maximum absolute atomic E-state index is 13.1. The van der Waals surface area contributed by atoms with E-state index in [2.05, 4.69) is 10.4 Å². The lowest BCUT2D eigenvalue weighted by Gasteiger charge is -2.31. The molecule has 3 amide bonds. The van der Waals surface area contributed by atoms with Crippen molar-refractivity contribution in [3.05, 3.63) is 77.6 Å². The number of hydrogen-bond donors (Lipinski definition) is 2. The maximum atomic E-state index is 13.1. The van der Waals surface area contributed by atoms with Gasteiger partial charge in [0.05, 0.1) is 16.9 Å². The fourth-order valence-electron chi connectivity index (χ4n) is 3.92. The van der Waals surface area contributed by atoms with Gasteiger partial charge in [-0.25, -0.2) is 4.68 Å². The first-order valence-corrected chi connectivity index (χ1v) is 10.5. The second-order valence-corrected chi connectivity index (χ2v) is 7.89. The van der Waals surface area contributed by atoms with Gasteiger partial charge in [0, 0.05) is 24.7 Å². The molecule has 0 aliphatic carbocycles. The minimum Gasteiger partial charge on any atom is -0.369 e. The summed E-state index contributed by atoms with van der Waals surface area (Å²) in [5, 5.41) is 7.26. The van der Waals surface area contributed by atoms with Gasteiger partial charge in [0.2, 0.25) is 5.91 Å². The molecule has 2 aromatic carbocycles. The van der Waals surface area contributed by atoms with Crippen molar-refractivity contribution in [3.8, 4) is 5.69 Å². The molecule has 8 nitrogen and oxygen atoms in total. The van der Waals surface area contributed by atoms with Crippen LogP contribution >= 0.6 is 0 Å². The Morgan fingerprint density at radius 1 is 1.00 bits per heavy atom. The molecule has 4 rings (SSSR count). The Hall–Kier alpha value is -3.94. The van der Waals surface area contributed by atoms with Crippen LogP contribution in [0.2, 0.25) is 0 Å². The van der Waals surface area contributed by atoms with Crippen LogP contribution in [-0.2, 0) is 4.79 Å². The van der Waals surface area contributed by atoms with E-state index < -0.39 is 5.91 Å². The molecule has 0 unspecified atom stereocenters. The van der Waals surface area contributed by atoms with Gasteiger partial charge in [0.15, 0.2) is 5.69 Å². The molecule has 0 spiro atoms. The van der Waals surface area contributed by atoms with Gasteiger partial charge >= 0.3 is 0 Å². The first-order chi connectivity index (χ1) is 15.4. The lowest BCUT2D eigenvalue weighted by atomic mass is 9.95. The van der Waals surface area contributed by atoms with Crippen molar-refractivity contribution >= 4 is 23.4 Å². The highest BCUT2D eigenvalue weighted by Crippen LogP contribution is 2.23. The van der Waals surface area contributed by atoms with Crippen molar-refractivity contribution in [1.29, 1.82) is 0 Å². The monoisotopic (exact) mass is 431 g/mol. The number of nitrogens with two attached hydrogens (primary N) is 1. The van der Waals surface area contributed by atoms with E-state index in [0.717, 1.165) is 11.4 Å². The highest BCUT2D eigenvalue weighted by molar-refractivity contribution is 6.08. The lowest BCUT2D eigenvalue weighted by Crippen LogP contribution is -2.42. The van der Waals surface area contributed by atoms with Gasteiger partial charge in [-0.2, -0.15) is 5.10 Å². The number of aromatic nitrogens is 2. The number of amides is 3. The molecule has 0 bridgehead atoms. The number of primary amides is 1. The molecular weight excluding hydrogens is 406 g/mol. The summed E-state index contributed by atoms with van der Waals surface area (Å²) in [6.07, 6.45) is 1.09. The first-order valence-electron chi connectivity index (χ1n) is 10.5. The van der Waals surface area contributed by atoms with Crippen LogP contribution in [0.5, 0.6) is 0 Å². The smallest absolute Gasteiger partial charge is 0.276 e. The fourth-order valence-corrected chi connectivity index (χ4v) is 3.92. The number of para-hydroxylation sites is 2. The molecule has 1 fully saturated rings. The maximum Gasteiger partial charge on any atom is 0.276 e. The Morgan fingerprint density at radius 3 is 2.34 bits per heavy atom. The Morgan fingerprint density at radius 2 is 1.66 bits per heavy atom. The van der Waals surface area contributed by atoms with Gasteiger partial charge < -0.3 is 16.0 Å². The van der Waals surface area contributed by atoms with Gasteiger partial charge in [0.1, 0.15) is 0 Å². The van der Waals surface area contributed by atoms with Gasteiger partial charge in [-0.05, 0) is 50.1 Å². The highest BCUT2D eigenvalue weighted by Gasteiger charge is 2.28. The van der Waals surface area contributed by atoms with Crippen molar-refractivity contribution in [3.63, 3.8) is 0 Å². The third-order valence-corrected chi connectivity index (χ3v) is 5.71. The Balaban J connectivity index is 1.51. The normalized spacial score (nSPS) is 14.2. The van der Waals surface area contributed by atoms with Crippen LogP contribution in [0.15, 0.2) is 60.7 Å². The molecule has 3 N–H and O–H groups in total. The summed E-state index contributed by atoms with van der Waals surface area (Å²) in [6.45, 7) is 2.79. The Labute approximate surface area is 186 Å². The molecule has 1 saturated heterocycles. The molecule has 0 radical (unpaired) electrons. The largest absolute Gasteiger partial charge is 0.369 e. The van der Waals surface area contributed by atoms with Crippen molar-refractivity contribution < 1.29 is 14.4 Å². The quantitative estimate of drug-likeness (QED) is 0.647. The summed E-state index contributed by atoms with van der Waals surface area (Å²) < 4.78 is 1.70. The first kappa shape index (κ1) is 21.3. The molecule has 164 valence electrons. The van der Waals surface area contributed by atoms with E-state index in [1.54, 1.807) is 39.9 Å². The van der Waals surface area contributed by atoms with E-state index in [0.29, 0.717) is 37.2 Å². The number of hydrogen-bond acceptors (Lipinski definition) is 4. The van der Waals surface area contributed by atoms with E-state index >= 15 is 0 Å². The van der Waals surface area contributed by atoms with Crippen LogP contribution in [0.3, 0.4) is 0 Å². The average molecular weight is 431 g/mol. The van der Waals surface area contributed by atoms with Gasteiger partial charge in [-0.15, -0.1) is 0 Å². The van der Waals surface area contributed by atoms with Gasteiger partial charge in [-0.3, -0.25) is 14.4 Å². The predicted molar refractivity (Wildman–Crippen MR) is 121 cm³/mol. The summed E-state index contributed by atoms with van der Waals surface area (Å²) >= 11 is 0. The van der Waals surface area contributed by atoms with Crippen LogP contribution in [0.4, 0.5) is 5.69 Å². The van der Waals surface area contributed by atoms with Gasteiger partial charge in [0.25, 0.3) is 11.8 Å². The van der Waals surface area contributed by atoms with Crippen molar-refractivity contribution in [2.75, 3.05) is 18.4 Å². The zero-order valence-electron chi connectivity index (χ0n) is 17.8. The third-order valence-electron chi connectivity index (χ3n) is 5.71. The second kappa shape index (κ2) is 9.05. The summed E-state index contributed by atoms with van der Waals surface area (Å²) in [5.74, 6) is -1.10. The van der Waals surface area contributed by atoms with Crippen molar-refractivity contribution in [1.82, 2.24) is 14.7 Å². The van der Waals surface area contributed by atoms with E-state index in [4.69, 9.17) is 5.73 Å². The SMILES string of the molecule is Cc1cc(C(=O)Nc2ccccc2C(=O)N2CCC(C(N)=O)CC2)nn1-c1ccccc1. The summed E-state index contributed by atoms with van der Waals surface area (Å²) in [4.78, 5) is 39.1. The average Bonchev–Trinajstić information content (AvgIpc) is 3.21. The highest BCUT2D eigenvalue weighted by atomic mass is 16.2. The third kappa shape index (κ3) is 4.39. The summed E-state index contributed by atoms with van der Waals surface area (Å²) in [6, 6.07) is 18.2. The minimum absolute atomic E-state index is 0.185. The van der Waals surface area contributed by atoms with Crippen LogP contribution in [0.25, 0.3) is 5.69 Å². The summed E-state index contributed by atoms with van der Waals surface area (Å²) in [7, 11) is 0. The van der Waals surface area contributed by atoms with Crippen molar-refractivity contribution in [2.24, 2.45) is 11.7 Å². The Kier molecular flexibility index (Phi) is 6.02. The molecule has 0 atom stereocenters. The zero-order chi connectivity index (χ0) is 22.7. The van der Waals surface area contributed by atoms with Crippen molar-refractivity contribution in [2.45, 2.75) is 19.8 Å². The number of carbonyl (C=O) groups excluding carboxylic acids is 3.